The Bertz CT molecular complexity index is 513. The highest BCUT2D eigenvalue weighted by atomic mass is 19.3. The van der Waals surface area contributed by atoms with Crippen molar-refractivity contribution in [3.05, 3.63) is 49.1 Å². The third kappa shape index (κ3) is 2.15. The molecule has 1 aliphatic rings. The number of allylic oxidation sites excluding steroid dienone is 3. The lowest BCUT2D eigenvalue weighted by Gasteiger charge is -2.23. The van der Waals surface area contributed by atoms with Crippen LogP contribution in [0, 0.1) is 0 Å². The lowest BCUT2D eigenvalue weighted by Crippen LogP contribution is -2.23. The van der Waals surface area contributed by atoms with E-state index in [2.05, 4.69) is 23.4 Å². The van der Waals surface area contributed by atoms with Crippen LogP contribution >= 0.6 is 0 Å². The van der Waals surface area contributed by atoms with Crippen LogP contribution in [0.15, 0.2) is 43.4 Å². The zero-order valence-electron chi connectivity index (χ0n) is 8.92. The average Bonchev–Trinajstić information content (AvgIpc) is 2.76. The van der Waals surface area contributed by atoms with E-state index >= 15 is 0 Å². The highest BCUT2D eigenvalue weighted by Gasteiger charge is 2.18. The van der Waals surface area contributed by atoms with Gasteiger partial charge in [-0.3, -0.25) is 4.90 Å². The van der Waals surface area contributed by atoms with Crippen molar-refractivity contribution < 1.29 is 8.78 Å². The number of alkyl halides is 2. The molecule has 1 aromatic rings. The van der Waals surface area contributed by atoms with Crippen molar-refractivity contribution in [1.82, 2.24) is 19.9 Å². The van der Waals surface area contributed by atoms with Crippen LogP contribution in [0.4, 0.5) is 8.78 Å². The van der Waals surface area contributed by atoms with Crippen molar-refractivity contribution in [3.63, 3.8) is 0 Å². The predicted molar refractivity (Wildman–Crippen MR) is 60.5 cm³/mol. The van der Waals surface area contributed by atoms with Crippen LogP contribution in [0.3, 0.4) is 0 Å². The van der Waals surface area contributed by atoms with Gasteiger partial charge in [-0.05, 0) is 18.2 Å². The second kappa shape index (κ2) is 4.32. The smallest absolute Gasteiger partial charge is 0.292 e. The zero-order valence-corrected chi connectivity index (χ0v) is 8.92. The van der Waals surface area contributed by atoms with Crippen molar-refractivity contribution >= 4 is 11.8 Å². The van der Waals surface area contributed by atoms with Crippen molar-refractivity contribution in [2.75, 3.05) is 0 Å². The number of hydrogen-bond donors (Lipinski definition) is 0. The fourth-order valence-electron chi connectivity index (χ4n) is 1.35. The summed E-state index contributed by atoms with van der Waals surface area (Å²) < 4.78 is 25.0. The van der Waals surface area contributed by atoms with Gasteiger partial charge in [-0.15, -0.1) is 5.10 Å². The van der Waals surface area contributed by atoms with E-state index in [0.717, 1.165) is 4.90 Å². The third-order valence-electron chi connectivity index (χ3n) is 2.21. The summed E-state index contributed by atoms with van der Waals surface area (Å²) in [5.74, 6) is 0. The number of halogens is 2. The Labute approximate surface area is 96.8 Å². The van der Waals surface area contributed by atoms with E-state index in [-0.39, 0.29) is 5.70 Å². The van der Waals surface area contributed by atoms with Gasteiger partial charge in [0.1, 0.15) is 5.69 Å². The molecule has 0 amide bonds. The van der Waals surface area contributed by atoms with Crippen molar-refractivity contribution in [2.24, 2.45) is 0 Å². The topological polar surface area (TPSA) is 34.0 Å². The van der Waals surface area contributed by atoms with E-state index in [1.54, 1.807) is 6.08 Å². The molecule has 4 nitrogen and oxygen atoms in total. The second-order valence-electron chi connectivity index (χ2n) is 3.32. The summed E-state index contributed by atoms with van der Waals surface area (Å²) in [6.07, 6.45) is 7.31. The van der Waals surface area contributed by atoms with E-state index < -0.39 is 6.55 Å². The summed E-state index contributed by atoms with van der Waals surface area (Å²) in [4.78, 5) is 2.10. The maximum absolute atomic E-state index is 12.5. The van der Waals surface area contributed by atoms with Crippen LogP contribution in [-0.4, -0.2) is 26.4 Å². The molecule has 0 bridgehead atoms. The third-order valence-corrected chi connectivity index (χ3v) is 2.21. The first-order valence-electron chi connectivity index (χ1n) is 4.82. The van der Waals surface area contributed by atoms with Crippen LogP contribution in [0.25, 0.3) is 11.8 Å². The summed E-state index contributed by atoms with van der Waals surface area (Å²) in [7, 11) is 0. The molecule has 0 radical (unpaired) electrons. The van der Waals surface area contributed by atoms with E-state index in [0.29, 0.717) is 11.4 Å². The molecular weight excluding hydrogens is 226 g/mol. The van der Waals surface area contributed by atoms with Gasteiger partial charge >= 0.3 is 6.55 Å². The monoisotopic (exact) mass is 236 g/mol. The minimum atomic E-state index is -2.61. The van der Waals surface area contributed by atoms with Gasteiger partial charge in [-0.25, -0.2) is 0 Å². The molecule has 2 rings (SSSR count). The fraction of sp³-hybridized carbons (Fsp3) is 0.0909. The van der Waals surface area contributed by atoms with Gasteiger partial charge in [0.05, 0.1) is 11.9 Å². The average molecular weight is 236 g/mol. The normalized spacial score (nSPS) is 15.4. The van der Waals surface area contributed by atoms with Crippen molar-refractivity contribution in [3.8, 4) is 0 Å². The van der Waals surface area contributed by atoms with Gasteiger partial charge in [0.15, 0.2) is 0 Å². The highest BCUT2D eigenvalue weighted by Crippen LogP contribution is 2.21. The molecule has 0 saturated carbocycles. The lowest BCUT2D eigenvalue weighted by molar-refractivity contribution is 0.0302. The molecule has 0 unspecified atom stereocenters. The molecule has 17 heavy (non-hydrogen) atoms. The molecule has 2 heterocycles. The molecule has 0 fully saturated rings. The maximum atomic E-state index is 12.5. The van der Waals surface area contributed by atoms with Gasteiger partial charge < -0.3 is 0 Å². The second-order valence-corrected chi connectivity index (χ2v) is 3.32. The van der Waals surface area contributed by atoms with Crippen molar-refractivity contribution in [1.29, 1.82) is 0 Å². The predicted octanol–water partition coefficient (Wildman–Crippen LogP) is 2.33. The summed E-state index contributed by atoms with van der Waals surface area (Å²) in [6, 6.07) is 0. The van der Waals surface area contributed by atoms with Crippen LogP contribution in [0.1, 0.15) is 5.69 Å². The van der Waals surface area contributed by atoms with Crippen LogP contribution in [0.5, 0.6) is 0 Å². The Hall–Kier alpha value is -2.24. The quantitative estimate of drug-likeness (QED) is 0.755. The molecule has 6 heteroatoms. The number of aromatic nitrogens is 3. The van der Waals surface area contributed by atoms with E-state index in [9.17, 15) is 8.78 Å². The molecule has 0 N–H and O–H groups in total. The fourth-order valence-corrected chi connectivity index (χ4v) is 1.35. The molecule has 88 valence electrons. The zero-order chi connectivity index (χ0) is 12.4. The molecule has 1 aliphatic heterocycles. The Morgan fingerprint density at radius 3 is 2.71 bits per heavy atom. The first-order chi connectivity index (χ1) is 8.11. The maximum Gasteiger partial charge on any atom is 0.318 e. The van der Waals surface area contributed by atoms with Crippen LogP contribution < -0.4 is 0 Å². The van der Waals surface area contributed by atoms with Gasteiger partial charge in [0.2, 0.25) is 0 Å². The molecule has 0 atom stereocenters. The van der Waals surface area contributed by atoms with Crippen LogP contribution in [-0.2, 0) is 0 Å². The SMILES string of the molecule is C=Cc1cnn(C2=CC(=C)N(C(F)F)C=C2)n1. The van der Waals surface area contributed by atoms with Crippen molar-refractivity contribution in [2.45, 2.75) is 6.55 Å². The molecule has 0 spiro atoms. The Balaban J connectivity index is 2.25. The molecule has 0 saturated heterocycles. The molecule has 1 aromatic heterocycles. The number of rotatable bonds is 3. The minimum Gasteiger partial charge on any atom is -0.292 e. The summed E-state index contributed by atoms with van der Waals surface area (Å²) >= 11 is 0. The first kappa shape index (κ1) is 11.3. The summed E-state index contributed by atoms with van der Waals surface area (Å²) in [6.45, 7) is 4.50. The number of hydrogen-bond acceptors (Lipinski definition) is 3. The number of nitrogens with zero attached hydrogens (tertiary/aromatic N) is 4. The highest BCUT2D eigenvalue weighted by molar-refractivity contribution is 5.61. The lowest BCUT2D eigenvalue weighted by atomic mass is 10.2. The standard InChI is InChI=1S/C11H10F2N4/c1-3-9-7-14-17(15-9)10-4-5-16(11(12)13)8(2)6-10/h3-7,11H,1-2H2. The van der Waals surface area contributed by atoms with Gasteiger partial charge in [0.25, 0.3) is 0 Å². The Morgan fingerprint density at radius 1 is 1.41 bits per heavy atom. The minimum absolute atomic E-state index is 0.190. The Morgan fingerprint density at radius 2 is 2.18 bits per heavy atom. The van der Waals surface area contributed by atoms with Gasteiger partial charge in [0, 0.05) is 11.9 Å². The molecule has 0 aliphatic carbocycles. The van der Waals surface area contributed by atoms with Gasteiger partial charge in [-0.1, -0.05) is 13.2 Å². The molecule has 0 aromatic carbocycles. The molecular formula is C11H10F2N4. The van der Waals surface area contributed by atoms with E-state index in [4.69, 9.17) is 0 Å². The van der Waals surface area contributed by atoms with E-state index in [1.807, 2.05) is 0 Å². The summed E-state index contributed by atoms with van der Waals surface area (Å²) in [5.41, 5.74) is 1.37. The first-order valence-corrected chi connectivity index (χ1v) is 4.82. The van der Waals surface area contributed by atoms with Crippen LogP contribution in [0.2, 0.25) is 0 Å². The van der Waals surface area contributed by atoms with Gasteiger partial charge in [-0.2, -0.15) is 18.7 Å². The largest absolute Gasteiger partial charge is 0.318 e. The van der Waals surface area contributed by atoms with E-state index in [1.165, 1.54) is 29.3 Å². The Kier molecular flexibility index (Phi) is 2.86. The summed E-state index contributed by atoms with van der Waals surface area (Å²) in [5, 5.41) is 8.06.